The lowest BCUT2D eigenvalue weighted by molar-refractivity contribution is -0.136. The number of nitrogens with zero attached hydrogens (tertiary/aromatic N) is 2. The smallest absolute Gasteiger partial charge is 0.141 e. The number of carbonyl (C=O) groups is 1. The van der Waals surface area contributed by atoms with E-state index in [1.165, 1.54) is 0 Å². The van der Waals surface area contributed by atoms with Crippen LogP contribution in [0, 0.1) is 18.3 Å². The van der Waals surface area contributed by atoms with E-state index in [2.05, 4.69) is 23.4 Å². The summed E-state index contributed by atoms with van der Waals surface area (Å²) in [7, 11) is 0. The fourth-order valence-electron chi connectivity index (χ4n) is 3.70. The van der Waals surface area contributed by atoms with Gasteiger partial charge < -0.3 is 8.98 Å². The lowest BCUT2D eigenvalue weighted by Gasteiger charge is -2.44. The van der Waals surface area contributed by atoms with Crippen molar-refractivity contribution in [3.63, 3.8) is 0 Å². The number of aromatic nitrogens is 2. The Morgan fingerprint density at radius 3 is 2.86 bits per heavy atom. The highest BCUT2D eigenvalue weighted by atomic mass is 16.3. The van der Waals surface area contributed by atoms with Crippen LogP contribution in [0.3, 0.4) is 0 Å². The molecule has 1 aliphatic rings. The van der Waals surface area contributed by atoms with Crippen molar-refractivity contribution in [3.05, 3.63) is 42.4 Å². The molecule has 21 heavy (non-hydrogen) atoms. The Kier molecular flexibility index (Phi) is 3.47. The molecule has 0 aromatic carbocycles. The molecule has 4 nitrogen and oxygen atoms in total. The van der Waals surface area contributed by atoms with Crippen LogP contribution in [0.4, 0.5) is 0 Å². The molecule has 0 N–H and O–H groups in total. The minimum atomic E-state index is -0.423. The molecule has 0 radical (unpaired) electrons. The molecule has 1 saturated carbocycles. The van der Waals surface area contributed by atoms with E-state index < -0.39 is 5.41 Å². The number of imidazole rings is 1. The van der Waals surface area contributed by atoms with Crippen LogP contribution in [0.1, 0.15) is 50.3 Å². The van der Waals surface area contributed by atoms with E-state index in [1.807, 2.05) is 13.1 Å². The fourth-order valence-corrected chi connectivity index (χ4v) is 3.70. The second-order valence-corrected chi connectivity index (χ2v) is 6.42. The summed E-state index contributed by atoms with van der Waals surface area (Å²) in [6, 6.07) is -0.0541. The molecule has 0 unspecified atom stereocenters. The predicted octanol–water partition coefficient (Wildman–Crippen LogP) is 3.77. The minimum Gasteiger partial charge on any atom is -0.472 e. The van der Waals surface area contributed by atoms with E-state index in [0.29, 0.717) is 18.1 Å². The highest BCUT2D eigenvalue weighted by Crippen LogP contribution is 2.49. The molecule has 112 valence electrons. The second kappa shape index (κ2) is 5.17. The topological polar surface area (TPSA) is 48.0 Å². The fraction of sp³-hybridized carbons (Fsp3) is 0.529. The van der Waals surface area contributed by atoms with E-state index in [0.717, 1.165) is 24.0 Å². The highest BCUT2D eigenvalue weighted by Gasteiger charge is 2.49. The summed E-state index contributed by atoms with van der Waals surface area (Å²) in [5.74, 6) is 0.681. The Morgan fingerprint density at radius 1 is 1.48 bits per heavy atom. The van der Waals surface area contributed by atoms with E-state index in [9.17, 15) is 4.79 Å². The summed E-state index contributed by atoms with van der Waals surface area (Å²) < 4.78 is 7.44. The van der Waals surface area contributed by atoms with E-state index in [-0.39, 0.29) is 6.04 Å². The molecule has 4 heteroatoms. The average molecular weight is 286 g/mol. The molecule has 0 bridgehead atoms. The van der Waals surface area contributed by atoms with Crippen molar-refractivity contribution in [2.75, 3.05) is 0 Å². The third-order valence-corrected chi connectivity index (χ3v) is 5.25. The third-order valence-electron chi connectivity index (χ3n) is 5.25. The standard InChI is InChI=1S/C17H22N2O2/c1-12-9-21-10-14(12)16(19-8-7-18-11-19)17(3)13(2)5-4-6-15(17)20/h7-11,13,16H,4-6H2,1-3H3/t13-,16+,17+/m0/s1. The molecule has 3 rings (SSSR count). The summed E-state index contributed by atoms with van der Waals surface area (Å²) in [5, 5.41) is 0. The van der Waals surface area contributed by atoms with Gasteiger partial charge in [0.25, 0.3) is 0 Å². The molecule has 2 aromatic rings. The lowest BCUT2D eigenvalue weighted by atomic mass is 9.61. The van der Waals surface area contributed by atoms with Gasteiger partial charge >= 0.3 is 0 Å². The van der Waals surface area contributed by atoms with Crippen molar-refractivity contribution in [3.8, 4) is 0 Å². The van der Waals surface area contributed by atoms with Crippen LogP contribution in [0.25, 0.3) is 0 Å². The number of rotatable bonds is 3. The number of Topliss-reactive ketones (excluding diaryl/α,β-unsaturated/α-hetero) is 1. The third kappa shape index (κ3) is 2.13. The first-order valence-electron chi connectivity index (χ1n) is 7.58. The van der Waals surface area contributed by atoms with Crippen LogP contribution in [0.5, 0.6) is 0 Å². The summed E-state index contributed by atoms with van der Waals surface area (Å²) in [5.41, 5.74) is 1.74. The minimum absolute atomic E-state index is 0.0541. The number of carbonyl (C=O) groups excluding carboxylic acids is 1. The molecular formula is C17H22N2O2. The summed E-state index contributed by atoms with van der Waals surface area (Å²) in [4.78, 5) is 17.0. The highest BCUT2D eigenvalue weighted by molar-refractivity contribution is 5.86. The molecular weight excluding hydrogens is 264 g/mol. The molecule has 0 spiro atoms. The monoisotopic (exact) mass is 286 g/mol. The average Bonchev–Trinajstić information content (AvgIpc) is 3.10. The van der Waals surface area contributed by atoms with Crippen LogP contribution in [-0.2, 0) is 4.79 Å². The van der Waals surface area contributed by atoms with Crippen molar-refractivity contribution in [1.29, 1.82) is 0 Å². The quantitative estimate of drug-likeness (QED) is 0.863. The number of hydrogen-bond acceptors (Lipinski definition) is 3. The SMILES string of the molecule is Cc1cocc1[C@@H](n1ccnc1)[C@@]1(C)C(=O)CCC[C@@H]1C. The molecule has 1 aliphatic carbocycles. The summed E-state index contributed by atoms with van der Waals surface area (Å²) in [6.45, 7) is 6.33. The number of ketones is 1. The summed E-state index contributed by atoms with van der Waals surface area (Å²) >= 11 is 0. The zero-order valence-corrected chi connectivity index (χ0v) is 12.9. The van der Waals surface area contributed by atoms with Gasteiger partial charge in [0.1, 0.15) is 5.78 Å². The van der Waals surface area contributed by atoms with Crippen molar-refractivity contribution in [1.82, 2.24) is 9.55 Å². The number of furan rings is 1. The zero-order valence-electron chi connectivity index (χ0n) is 12.9. The van der Waals surface area contributed by atoms with Gasteiger partial charge in [-0.25, -0.2) is 4.98 Å². The molecule has 2 heterocycles. The van der Waals surface area contributed by atoms with Gasteiger partial charge in [-0.15, -0.1) is 0 Å². The maximum absolute atomic E-state index is 12.8. The molecule has 2 aromatic heterocycles. The van der Waals surface area contributed by atoms with E-state index >= 15 is 0 Å². The van der Waals surface area contributed by atoms with Gasteiger partial charge in [-0.2, -0.15) is 0 Å². The lowest BCUT2D eigenvalue weighted by Crippen LogP contribution is -2.45. The van der Waals surface area contributed by atoms with Crippen molar-refractivity contribution >= 4 is 5.78 Å². The second-order valence-electron chi connectivity index (χ2n) is 6.42. The number of aryl methyl sites for hydroxylation is 1. The predicted molar refractivity (Wildman–Crippen MR) is 79.9 cm³/mol. The van der Waals surface area contributed by atoms with Gasteiger partial charge in [0.2, 0.25) is 0 Å². The Bertz CT molecular complexity index is 629. The van der Waals surface area contributed by atoms with Gasteiger partial charge in [-0.3, -0.25) is 4.79 Å². The van der Waals surface area contributed by atoms with Crippen molar-refractivity contribution in [2.45, 2.75) is 46.1 Å². The molecule has 0 amide bonds. The van der Waals surface area contributed by atoms with E-state index in [4.69, 9.17) is 4.42 Å². The largest absolute Gasteiger partial charge is 0.472 e. The van der Waals surface area contributed by atoms with Gasteiger partial charge in [-0.1, -0.05) is 13.8 Å². The van der Waals surface area contributed by atoms with Gasteiger partial charge in [0, 0.05) is 24.4 Å². The van der Waals surface area contributed by atoms with Crippen LogP contribution in [-0.4, -0.2) is 15.3 Å². The van der Waals surface area contributed by atoms with Crippen LogP contribution in [0.15, 0.2) is 35.7 Å². The van der Waals surface area contributed by atoms with Crippen molar-refractivity contribution in [2.24, 2.45) is 11.3 Å². The van der Waals surface area contributed by atoms with Crippen LogP contribution < -0.4 is 0 Å². The first kappa shape index (κ1) is 14.1. The number of hydrogen-bond donors (Lipinski definition) is 0. The van der Waals surface area contributed by atoms with E-state index in [1.54, 1.807) is 25.1 Å². The van der Waals surface area contributed by atoms with Gasteiger partial charge in [-0.05, 0) is 31.2 Å². The first-order valence-corrected chi connectivity index (χ1v) is 7.58. The Labute approximate surface area is 125 Å². The maximum atomic E-state index is 12.8. The van der Waals surface area contributed by atoms with Gasteiger partial charge in [0.05, 0.1) is 30.3 Å². The Morgan fingerprint density at radius 2 is 2.29 bits per heavy atom. The molecule has 3 atom stereocenters. The summed E-state index contributed by atoms with van der Waals surface area (Å²) in [6.07, 6.45) is 11.8. The molecule has 0 saturated heterocycles. The Hall–Kier alpha value is -1.84. The molecule has 0 aliphatic heterocycles. The first-order chi connectivity index (χ1) is 10.0. The van der Waals surface area contributed by atoms with Gasteiger partial charge in [0.15, 0.2) is 0 Å². The maximum Gasteiger partial charge on any atom is 0.141 e. The zero-order chi connectivity index (χ0) is 15.0. The van der Waals surface area contributed by atoms with Crippen LogP contribution >= 0.6 is 0 Å². The normalized spacial score (nSPS) is 27.8. The van der Waals surface area contributed by atoms with Crippen LogP contribution in [0.2, 0.25) is 0 Å². The Balaban J connectivity index is 2.15. The van der Waals surface area contributed by atoms with Crippen molar-refractivity contribution < 1.29 is 9.21 Å². The molecule has 1 fully saturated rings.